The summed E-state index contributed by atoms with van der Waals surface area (Å²) in [5, 5.41) is 3.02. The van der Waals surface area contributed by atoms with Crippen molar-refractivity contribution in [3.8, 4) is 0 Å². The number of carbonyl (C=O) groups excluding carboxylic acids is 1. The predicted octanol–water partition coefficient (Wildman–Crippen LogP) is 4.22. The van der Waals surface area contributed by atoms with Gasteiger partial charge in [0, 0.05) is 10.1 Å². The van der Waals surface area contributed by atoms with E-state index >= 15 is 0 Å². The first-order chi connectivity index (χ1) is 9.16. The van der Waals surface area contributed by atoms with Crippen molar-refractivity contribution in [3.05, 3.63) is 44.5 Å². The van der Waals surface area contributed by atoms with Crippen molar-refractivity contribution in [1.82, 2.24) is 5.32 Å². The minimum Gasteiger partial charge on any atom is -0.352 e. The molecule has 1 aliphatic rings. The van der Waals surface area contributed by atoms with Crippen molar-refractivity contribution < 1.29 is 4.79 Å². The van der Waals surface area contributed by atoms with Gasteiger partial charge in [0.15, 0.2) is 0 Å². The van der Waals surface area contributed by atoms with Gasteiger partial charge in [-0.1, -0.05) is 23.3 Å². The van der Waals surface area contributed by atoms with E-state index in [9.17, 15) is 4.79 Å². The van der Waals surface area contributed by atoms with Gasteiger partial charge in [-0.2, -0.15) is 0 Å². The van der Waals surface area contributed by atoms with E-state index in [2.05, 4.69) is 34.0 Å². The van der Waals surface area contributed by atoms with Crippen molar-refractivity contribution in [2.75, 3.05) is 6.54 Å². The molecule has 0 unspecified atom stereocenters. The average molecular weight is 369 g/mol. The molecule has 19 heavy (non-hydrogen) atoms. The quantitative estimate of drug-likeness (QED) is 0.625. The van der Waals surface area contributed by atoms with Gasteiger partial charge in [-0.25, -0.2) is 0 Å². The Labute approximate surface area is 128 Å². The SMILES string of the molecule is Cc1ccc(C(=O)NCCC2=CCCCC2)c(I)c1. The summed E-state index contributed by atoms with van der Waals surface area (Å²) >= 11 is 2.22. The van der Waals surface area contributed by atoms with Gasteiger partial charge in [-0.3, -0.25) is 4.79 Å². The van der Waals surface area contributed by atoms with Crippen LogP contribution < -0.4 is 5.32 Å². The molecule has 1 amide bonds. The van der Waals surface area contributed by atoms with E-state index in [-0.39, 0.29) is 5.91 Å². The van der Waals surface area contributed by atoms with Gasteiger partial charge in [0.1, 0.15) is 0 Å². The van der Waals surface area contributed by atoms with Crippen LogP contribution in [0.5, 0.6) is 0 Å². The zero-order valence-electron chi connectivity index (χ0n) is 11.3. The molecule has 1 aromatic rings. The van der Waals surface area contributed by atoms with Crippen LogP contribution in [-0.2, 0) is 0 Å². The smallest absolute Gasteiger partial charge is 0.252 e. The molecule has 0 bridgehead atoms. The van der Waals surface area contributed by atoms with Crippen LogP contribution in [0.15, 0.2) is 29.8 Å². The third-order valence-electron chi connectivity index (χ3n) is 3.49. The first-order valence-electron chi connectivity index (χ1n) is 6.89. The Hall–Kier alpha value is -0.840. The van der Waals surface area contributed by atoms with Gasteiger partial charge in [-0.05, 0) is 73.8 Å². The van der Waals surface area contributed by atoms with Crippen molar-refractivity contribution in [2.24, 2.45) is 0 Å². The fourth-order valence-corrected chi connectivity index (χ4v) is 3.28. The van der Waals surface area contributed by atoms with Crippen LogP contribution in [0, 0.1) is 10.5 Å². The number of nitrogens with one attached hydrogen (secondary N) is 1. The Morgan fingerprint density at radius 2 is 2.21 bits per heavy atom. The molecule has 0 atom stereocenters. The Morgan fingerprint density at radius 3 is 2.89 bits per heavy atom. The normalized spacial score (nSPS) is 14.9. The minimum absolute atomic E-state index is 0.0424. The number of halogens is 1. The second-order valence-electron chi connectivity index (χ2n) is 5.10. The second-order valence-corrected chi connectivity index (χ2v) is 6.26. The number of carbonyl (C=O) groups is 1. The Morgan fingerprint density at radius 1 is 1.37 bits per heavy atom. The second kappa shape index (κ2) is 7.08. The van der Waals surface area contributed by atoms with Crippen molar-refractivity contribution in [2.45, 2.75) is 39.0 Å². The van der Waals surface area contributed by atoms with Gasteiger partial charge in [-0.15, -0.1) is 0 Å². The summed E-state index contributed by atoms with van der Waals surface area (Å²) in [6, 6.07) is 5.94. The van der Waals surface area contributed by atoms with Crippen LogP contribution in [0.4, 0.5) is 0 Å². The minimum atomic E-state index is 0.0424. The van der Waals surface area contributed by atoms with E-state index in [1.54, 1.807) is 0 Å². The first kappa shape index (κ1) is 14.6. The van der Waals surface area contributed by atoms with E-state index in [1.807, 2.05) is 25.1 Å². The molecule has 1 N–H and O–H groups in total. The van der Waals surface area contributed by atoms with Gasteiger partial charge in [0.05, 0.1) is 5.56 Å². The summed E-state index contributed by atoms with van der Waals surface area (Å²) in [7, 11) is 0. The molecule has 2 nitrogen and oxygen atoms in total. The third kappa shape index (κ3) is 4.34. The highest BCUT2D eigenvalue weighted by Crippen LogP contribution is 2.19. The lowest BCUT2D eigenvalue weighted by molar-refractivity contribution is 0.0953. The number of rotatable bonds is 4. The number of hydrogen-bond acceptors (Lipinski definition) is 1. The first-order valence-corrected chi connectivity index (χ1v) is 7.97. The van der Waals surface area contributed by atoms with Gasteiger partial charge in [0.2, 0.25) is 0 Å². The molecule has 1 aliphatic carbocycles. The maximum absolute atomic E-state index is 12.1. The molecule has 0 fully saturated rings. The molecule has 0 saturated carbocycles. The molecular formula is C16H20INO. The number of benzene rings is 1. The molecule has 3 heteroatoms. The lowest BCUT2D eigenvalue weighted by atomic mass is 9.97. The summed E-state index contributed by atoms with van der Waals surface area (Å²) in [5.41, 5.74) is 3.47. The highest BCUT2D eigenvalue weighted by atomic mass is 127. The fourth-order valence-electron chi connectivity index (χ4n) is 2.37. The lowest BCUT2D eigenvalue weighted by Crippen LogP contribution is -2.25. The molecule has 2 rings (SSSR count). The van der Waals surface area contributed by atoms with Crippen molar-refractivity contribution in [1.29, 1.82) is 0 Å². The summed E-state index contributed by atoms with van der Waals surface area (Å²) in [6.45, 7) is 2.79. The van der Waals surface area contributed by atoms with Gasteiger partial charge in [0.25, 0.3) is 5.91 Å². The highest BCUT2D eigenvalue weighted by molar-refractivity contribution is 14.1. The van der Waals surface area contributed by atoms with E-state index in [0.29, 0.717) is 0 Å². The van der Waals surface area contributed by atoms with Crippen molar-refractivity contribution in [3.63, 3.8) is 0 Å². The molecule has 1 aromatic carbocycles. The number of hydrogen-bond donors (Lipinski definition) is 1. The Balaban J connectivity index is 1.85. The third-order valence-corrected chi connectivity index (χ3v) is 4.38. The zero-order chi connectivity index (χ0) is 13.7. The summed E-state index contributed by atoms with van der Waals surface area (Å²) in [6.07, 6.45) is 8.36. The van der Waals surface area contributed by atoms with Crippen LogP contribution in [0.2, 0.25) is 0 Å². The monoisotopic (exact) mass is 369 g/mol. The molecule has 0 saturated heterocycles. The van der Waals surface area contributed by atoms with Crippen molar-refractivity contribution >= 4 is 28.5 Å². The summed E-state index contributed by atoms with van der Waals surface area (Å²) in [4.78, 5) is 12.1. The molecule has 0 aliphatic heterocycles. The van der Waals surface area contributed by atoms with E-state index in [1.165, 1.54) is 36.8 Å². The molecule has 0 heterocycles. The van der Waals surface area contributed by atoms with Crippen LogP contribution in [-0.4, -0.2) is 12.5 Å². The van der Waals surface area contributed by atoms with Crippen LogP contribution in [0.1, 0.15) is 48.0 Å². The standard InChI is InChI=1S/C16H20INO/c1-12-7-8-14(15(17)11-12)16(19)18-10-9-13-5-3-2-4-6-13/h5,7-8,11H,2-4,6,9-10H2,1H3,(H,18,19). The van der Waals surface area contributed by atoms with Crippen LogP contribution in [0.25, 0.3) is 0 Å². The predicted molar refractivity (Wildman–Crippen MR) is 87.4 cm³/mol. The zero-order valence-corrected chi connectivity index (χ0v) is 13.5. The average Bonchev–Trinajstić information content (AvgIpc) is 2.39. The van der Waals surface area contributed by atoms with E-state index in [4.69, 9.17) is 0 Å². The number of aryl methyl sites for hydroxylation is 1. The molecule has 0 radical (unpaired) electrons. The van der Waals surface area contributed by atoms with E-state index < -0.39 is 0 Å². The maximum atomic E-state index is 12.1. The molecule has 102 valence electrons. The topological polar surface area (TPSA) is 29.1 Å². The number of allylic oxidation sites excluding steroid dienone is 1. The Kier molecular flexibility index (Phi) is 5.43. The van der Waals surface area contributed by atoms with E-state index in [0.717, 1.165) is 22.1 Å². The molecule has 0 spiro atoms. The lowest BCUT2D eigenvalue weighted by Gasteiger charge is -2.13. The molecular weight excluding hydrogens is 349 g/mol. The van der Waals surface area contributed by atoms with Gasteiger partial charge >= 0.3 is 0 Å². The summed E-state index contributed by atoms with van der Waals surface area (Å²) < 4.78 is 1.02. The Bertz CT molecular complexity index is 494. The van der Waals surface area contributed by atoms with Crippen LogP contribution in [0.3, 0.4) is 0 Å². The fraction of sp³-hybridized carbons (Fsp3) is 0.438. The largest absolute Gasteiger partial charge is 0.352 e. The summed E-state index contributed by atoms with van der Waals surface area (Å²) in [5.74, 6) is 0.0424. The molecule has 0 aromatic heterocycles. The van der Waals surface area contributed by atoms with Gasteiger partial charge < -0.3 is 5.32 Å². The van der Waals surface area contributed by atoms with Crippen LogP contribution >= 0.6 is 22.6 Å². The highest BCUT2D eigenvalue weighted by Gasteiger charge is 2.10. The number of amides is 1. The maximum Gasteiger partial charge on any atom is 0.252 e.